The van der Waals surface area contributed by atoms with Crippen molar-refractivity contribution in [2.45, 2.75) is 97.5 Å². The highest BCUT2D eigenvalue weighted by atomic mass is 16.6. The van der Waals surface area contributed by atoms with Gasteiger partial charge in [-0.1, -0.05) is 6.08 Å². The number of nitrogens with zero attached hydrogens (tertiary/aromatic N) is 1. The number of hydrogen-bond acceptors (Lipinski definition) is 7. The Balaban J connectivity index is 5.77. The van der Waals surface area contributed by atoms with Gasteiger partial charge < -0.3 is 19.3 Å². The number of carbonyl (C=O) groups excluding carboxylic acids is 3. The molecular weight excluding hydrogens is 378 g/mol. The molecule has 8 heteroatoms. The van der Waals surface area contributed by atoms with Gasteiger partial charge in [-0.25, -0.2) is 14.4 Å². The van der Waals surface area contributed by atoms with Crippen LogP contribution < -0.4 is 0 Å². The van der Waals surface area contributed by atoms with E-state index in [0.717, 1.165) is 0 Å². The SMILES string of the molecule is C=CCCC(O)CC[C@H](C(=O)OCC)N(C(=O)OC(C)(C)C)C(=O)OC(C)(C)C. The van der Waals surface area contributed by atoms with Crippen LogP contribution in [0.1, 0.15) is 74.1 Å². The van der Waals surface area contributed by atoms with Gasteiger partial charge in [0, 0.05) is 0 Å². The van der Waals surface area contributed by atoms with Crippen LogP contribution in [0.5, 0.6) is 0 Å². The quantitative estimate of drug-likeness (QED) is 0.342. The van der Waals surface area contributed by atoms with Gasteiger partial charge in [-0.2, -0.15) is 4.90 Å². The normalized spacial score (nSPS) is 13.8. The zero-order chi connectivity index (χ0) is 22.8. The van der Waals surface area contributed by atoms with E-state index in [-0.39, 0.29) is 19.4 Å². The summed E-state index contributed by atoms with van der Waals surface area (Å²) in [7, 11) is 0. The molecule has 0 saturated heterocycles. The van der Waals surface area contributed by atoms with Crippen molar-refractivity contribution in [2.24, 2.45) is 0 Å². The number of imide groups is 1. The lowest BCUT2D eigenvalue weighted by atomic mass is 10.0. The van der Waals surface area contributed by atoms with Crippen LogP contribution in [0, 0.1) is 0 Å². The maximum atomic E-state index is 12.8. The fourth-order valence-corrected chi connectivity index (χ4v) is 2.35. The molecule has 1 N–H and O–H groups in total. The number of esters is 1. The molecule has 0 aromatic rings. The molecular formula is C21H37NO7. The van der Waals surface area contributed by atoms with E-state index in [1.807, 2.05) is 0 Å². The third-order valence-electron chi connectivity index (χ3n) is 3.53. The van der Waals surface area contributed by atoms with Crippen molar-refractivity contribution < 1.29 is 33.7 Å². The molecule has 0 spiro atoms. The summed E-state index contributed by atoms with van der Waals surface area (Å²) in [4.78, 5) is 38.8. The first kappa shape index (κ1) is 26.9. The van der Waals surface area contributed by atoms with Crippen molar-refractivity contribution in [3.05, 3.63) is 12.7 Å². The predicted octanol–water partition coefficient (Wildman–Crippen LogP) is 4.20. The molecule has 2 amide bonds. The Bertz CT molecular complexity index is 532. The molecule has 8 nitrogen and oxygen atoms in total. The first-order chi connectivity index (χ1) is 13.2. The van der Waals surface area contributed by atoms with Gasteiger partial charge in [-0.05, 0) is 74.1 Å². The Morgan fingerprint density at radius 1 is 0.966 bits per heavy atom. The van der Waals surface area contributed by atoms with Crippen LogP contribution in [0.2, 0.25) is 0 Å². The van der Waals surface area contributed by atoms with E-state index in [1.165, 1.54) is 0 Å². The summed E-state index contributed by atoms with van der Waals surface area (Å²) in [5.74, 6) is -0.764. The first-order valence-electron chi connectivity index (χ1n) is 9.92. The third-order valence-corrected chi connectivity index (χ3v) is 3.53. The van der Waals surface area contributed by atoms with Crippen LogP contribution in [0.25, 0.3) is 0 Å². The molecule has 0 aliphatic carbocycles. The second-order valence-electron chi connectivity index (χ2n) is 8.70. The standard InChI is InChI=1S/C21H37NO7/c1-9-11-12-15(23)13-14-16(17(24)27-10-2)22(18(25)28-20(3,4)5)19(26)29-21(6,7)8/h9,15-16,23H,1,10-14H2,2-8H3/t15?,16-/m1/s1. The fraction of sp³-hybridized carbons (Fsp3) is 0.762. The van der Waals surface area contributed by atoms with Crippen LogP contribution in [-0.2, 0) is 19.0 Å². The van der Waals surface area contributed by atoms with E-state index in [9.17, 15) is 19.5 Å². The molecule has 0 bridgehead atoms. The van der Waals surface area contributed by atoms with Gasteiger partial charge in [0.1, 0.15) is 17.2 Å². The van der Waals surface area contributed by atoms with Crippen molar-refractivity contribution in [3.8, 4) is 0 Å². The summed E-state index contributed by atoms with van der Waals surface area (Å²) in [5, 5.41) is 10.1. The number of aliphatic hydroxyl groups is 1. The van der Waals surface area contributed by atoms with Crippen LogP contribution in [0.15, 0.2) is 12.7 Å². The second kappa shape index (κ2) is 11.8. The van der Waals surface area contributed by atoms with E-state index >= 15 is 0 Å². The predicted molar refractivity (Wildman–Crippen MR) is 109 cm³/mol. The fourth-order valence-electron chi connectivity index (χ4n) is 2.35. The van der Waals surface area contributed by atoms with E-state index in [4.69, 9.17) is 14.2 Å². The van der Waals surface area contributed by atoms with Crippen molar-refractivity contribution >= 4 is 18.2 Å². The molecule has 0 saturated carbocycles. The molecule has 29 heavy (non-hydrogen) atoms. The smallest absolute Gasteiger partial charge is 0.420 e. The minimum Gasteiger partial charge on any atom is -0.464 e. The van der Waals surface area contributed by atoms with Crippen molar-refractivity contribution in [1.29, 1.82) is 0 Å². The number of amides is 2. The summed E-state index contributed by atoms with van der Waals surface area (Å²) in [5.41, 5.74) is -1.78. The molecule has 0 fully saturated rings. The number of hydrogen-bond donors (Lipinski definition) is 1. The molecule has 0 aromatic carbocycles. The van der Waals surface area contributed by atoms with Crippen LogP contribution in [0.4, 0.5) is 9.59 Å². The molecule has 2 atom stereocenters. The molecule has 0 rings (SSSR count). The van der Waals surface area contributed by atoms with E-state index in [1.54, 1.807) is 54.5 Å². The Morgan fingerprint density at radius 3 is 1.83 bits per heavy atom. The van der Waals surface area contributed by atoms with Gasteiger partial charge in [-0.3, -0.25) is 0 Å². The van der Waals surface area contributed by atoms with E-state index in [2.05, 4.69) is 6.58 Å². The van der Waals surface area contributed by atoms with Crippen LogP contribution in [-0.4, -0.2) is 58.1 Å². The Hall–Kier alpha value is -2.09. The zero-order valence-electron chi connectivity index (χ0n) is 18.8. The maximum Gasteiger partial charge on any atom is 0.420 e. The minimum absolute atomic E-state index is 0.00955. The summed E-state index contributed by atoms with van der Waals surface area (Å²) < 4.78 is 15.7. The number of carbonyl (C=O) groups is 3. The van der Waals surface area contributed by atoms with Crippen molar-refractivity contribution in [1.82, 2.24) is 4.90 Å². The molecule has 0 heterocycles. The van der Waals surface area contributed by atoms with Gasteiger partial charge in [-0.15, -0.1) is 6.58 Å². The molecule has 0 aromatic heterocycles. The summed E-state index contributed by atoms with van der Waals surface area (Å²) in [6.07, 6.45) is 0.194. The van der Waals surface area contributed by atoms with E-state index < -0.39 is 41.5 Å². The highest BCUT2D eigenvalue weighted by molar-refractivity contribution is 5.94. The maximum absolute atomic E-state index is 12.8. The topological polar surface area (TPSA) is 102 Å². The third kappa shape index (κ3) is 11.5. The largest absolute Gasteiger partial charge is 0.464 e. The van der Waals surface area contributed by atoms with Gasteiger partial charge >= 0.3 is 18.2 Å². The highest BCUT2D eigenvalue weighted by Gasteiger charge is 2.41. The van der Waals surface area contributed by atoms with Gasteiger partial charge in [0.05, 0.1) is 12.7 Å². The molecule has 0 aliphatic rings. The summed E-state index contributed by atoms with van der Waals surface area (Å²) in [6, 6.07) is -1.28. The zero-order valence-corrected chi connectivity index (χ0v) is 18.8. The van der Waals surface area contributed by atoms with Crippen molar-refractivity contribution in [2.75, 3.05) is 6.61 Å². The minimum atomic E-state index is -1.28. The van der Waals surface area contributed by atoms with Crippen LogP contribution in [0.3, 0.4) is 0 Å². The first-order valence-corrected chi connectivity index (χ1v) is 9.92. The van der Waals surface area contributed by atoms with Crippen LogP contribution >= 0.6 is 0 Å². The Morgan fingerprint density at radius 2 is 1.45 bits per heavy atom. The number of ether oxygens (including phenoxy) is 3. The Labute approximate surface area is 174 Å². The monoisotopic (exact) mass is 415 g/mol. The molecule has 168 valence electrons. The van der Waals surface area contributed by atoms with Gasteiger partial charge in [0.25, 0.3) is 0 Å². The number of rotatable bonds is 9. The number of aliphatic hydroxyl groups excluding tert-OH is 1. The summed E-state index contributed by atoms with van der Waals surface area (Å²) >= 11 is 0. The average molecular weight is 416 g/mol. The molecule has 0 radical (unpaired) electrons. The summed E-state index contributed by atoms with van der Waals surface area (Å²) in [6.45, 7) is 15.2. The lowest BCUT2D eigenvalue weighted by molar-refractivity contribution is -0.149. The lowest BCUT2D eigenvalue weighted by Crippen LogP contribution is -2.52. The Kier molecular flexibility index (Phi) is 11.0. The second-order valence-corrected chi connectivity index (χ2v) is 8.70. The molecule has 1 unspecified atom stereocenters. The van der Waals surface area contributed by atoms with Crippen molar-refractivity contribution in [3.63, 3.8) is 0 Å². The average Bonchev–Trinajstić information content (AvgIpc) is 2.53. The van der Waals surface area contributed by atoms with E-state index in [0.29, 0.717) is 17.7 Å². The number of allylic oxidation sites excluding steroid dienone is 1. The van der Waals surface area contributed by atoms with Gasteiger partial charge in [0.15, 0.2) is 0 Å². The van der Waals surface area contributed by atoms with Gasteiger partial charge in [0.2, 0.25) is 0 Å². The molecule has 0 aliphatic heterocycles. The lowest BCUT2D eigenvalue weighted by Gasteiger charge is -2.32. The highest BCUT2D eigenvalue weighted by Crippen LogP contribution is 2.21.